The zero-order chi connectivity index (χ0) is 15.5. The molecule has 1 aliphatic heterocycles. The Labute approximate surface area is 128 Å². The minimum atomic E-state index is -0.684. The number of piperazine rings is 1. The van der Waals surface area contributed by atoms with Crippen molar-refractivity contribution in [1.82, 2.24) is 15.1 Å². The number of carboxylic acids is 1. The molecule has 0 amide bonds. The third kappa shape index (κ3) is 3.41. The lowest BCUT2D eigenvalue weighted by Crippen LogP contribution is -2.55. The Balaban J connectivity index is 1.87. The van der Waals surface area contributed by atoms with Crippen LogP contribution in [0, 0.1) is 5.92 Å². The number of hydrogen-bond donors (Lipinski definition) is 2. The quantitative estimate of drug-likeness (QED) is 0.773. The Morgan fingerprint density at radius 1 is 1.43 bits per heavy atom. The predicted octanol–water partition coefficient (Wildman–Crippen LogP) is 1.25. The molecule has 1 saturated carbocycles. The van der Waals surface area contributed by atoms with Crippen molar-refractivity contribution < 1.29 is 9.90 Å². The first kappa shape index (κ1) is 16.7. The molecular weight excluding hydrogens is 266 g/mol. The van der Waals surface area contributed by atoms with Gasteiger partial charge in [0.2, 0.25) is 0 Å². The van der Waals surface area contributed by atoms with E-state index in [9.17, 15) is 9.90 Å². The highest BCUT2D eigenvalue weighted by Gasteiger charge is 2.47. The number of carboxylic acid groups (broad SMARTS) is 1. The lowest BCUT2D eigenvalue weighted by Gasteiger charge is -2.40. The molecule has 21 heavy (non-hydrogen) atoms. The van der Waals surface area contributed by atoms with Gasteiger partial charge in [-0.25, -0.2) is 0 Å². The molecular formula is C16H31N3O2. The Bertz CT molecular complexity index is 363. The van der Waals surface area contributed by atoms with Crippen molar-refractivity contribution in [2.24, 2.45) is 5.92 Å². The SMILES string of the molecule is CCN1CCN(CCC2CCCC2(NC)C(=O)O)CC1C. The number of nitrogens with zero attached hydrogens (tertiary/aromatic N) is 2. The second-order valence-corrected chi connectivity index (χ2v) is 6.68. The smallest absolute Gasteiger partial charge is 0.324 e. The monoisotopic (exact) mass is 297 g/mol. The van der Waals surface area contributed by atoms with Crippen LogP contribution in [0.4, 0.5) is 0 Å². The summed E-state index contributed by atoms with van der Waals surface area (Å²) >= 11 is 0. The maximum Gasteiger partial charge on any atom is 0.324 e. The number of hydrogen-bond acceptors (Lipinski definition) is 4. The standard InChI is InChI=1S/C16H31N3O2/c1-4-19-11-10-18(12-13(19)2)9-7-14-6-5-8-16(14,17-3)15(20)21/h13-14,17H,4-12H2,1-3H3,(H,20,21). The maximum absolute atomic E-state index is 11.7. The molecule has 0 aromatic heterocycles. The van der Waals surface area contributed by atoms with Gasteiger partial charge in [0.25, 0.3) is 0 Å². The van der Waals surface area contributed by atoms with Crippen LogP contribution in [-0.2, 0) is 4.79 Å². The second kappa shape index (κ2) is 7.07. The molecule has 0 bridgehead atoms. The zero-order valence-corrected chi connectivity index (χ0v) is 13.8. The van der Waals surface area contributed by atoms with E-state index in [4.69, 9.17) is 0 Å². The van der Waals surface area contributed by atoms with Crippen LogP contribution in [0.1, 0.15) is 39.5 Å². The van der Waals surface area contributed by atoms with Crippen molar-refractivity contribution in [3.05, 3.63) is 0 Å². The first-order valence-corrected chi connectivity index (χ1v) is 8.42. The molecule has 1 heterocycles. The number of rotatable bonds is 6. The fourth-order valence-corrected chi connectivity index (χ4v) is 4.27. The van der Waals surface area contributed by atoms with Crippen molar-refractivity contribution >= 4 is 5.97 Å². The summed E-state index contributed by atoms with van der Waals surface area (Å²) in [5.41, 5.74) is -0.684. The number of aliphatic carboxylic acids is 1. The molecule has 0 aromatic carbocycles. The molecule has 3 atom stereocenters. The summed E-state index contributed by atoms with van der Waals surface area (Å²) in [5.74, 6) is -0.406. The molecule has 1 saturated heterocycles. The molecule has 3 unspecified atom stereocenters. The average molecular weight is 297 g/mol. The van der Waals surface area contributed by atoms with Crippen molar-refractivity contribution in [3.8, 4) is 0 Å². The van der Waals surface area contributed by atoms with Gasteiger partial charge in [-0.05, 0) is 52.2 Å². The molecule has 5 heteroatoms. The van der Waals surface area contributed by atoms with Gasteiger partial charge in [0.05, 0.1) is 0 Å². The first-order valence-electron chi connectivity index (χ1n) is 8.42. The fourth-order valence-electron chi connectivity index (χ4n) is 4.27. The molecule has 0 aromatic rings. The van der Waals surface area contributed by atoms with Crippen LogP contribution in [0.15, 0.2) is 0 Å². The van der Waals surface area contributed by atoms with Gasteiger partial charge >= 0.3 is 5.97 Å². The second-order valence-electron chi connectivity index (χ2n) is 6.68. The van der Waals surface area contributed by atoms with E-state index in [1.165, 1.54) is 0 Å². The summed E-state index contributed by atoms with van der Waals surface area (Å²) in [7, 11) is 1.80. The Morgan fingerprint density at radius 2 is 2.19 bits per heavy atom. The Morgan fingerprint density at radius 3 is 2.76 bits per heavy atom. The average Bonchev–Trinajstić information content (AvgIpc) is 2.89. The Kier molecular flexibility index (Phi) is 5.63. The minimum absolute atomic E-state index is 0.263. The summed E-state index contributed by atoms with van der Waals surface area (Å²) in [5, 5.41) is 12.7. The van der Waals surface area contributed by atoms with E-state index in [1.807, 2.05) is 0 Å². The van der Waals surface area contributed by atoms with Crippen molar-refractivity contribution in [3.63, 3.8) is 0 Å². The number of nitrogens with one attached hydrogen (secondary N) is 1. The van der Waals surface area contributed by atoms with Crippen molar-refractivity contribution in [2.75, 3.05) is 39.8 Å². The van der Waals surface area contributed by atoms with Gasteiger partial charge in [0.1, 0.15) is 5.54 Å². The summed E-state index contributed by atoms with van der Waals surface area (Å²) in [6.07, 6.45) is 3.82. The van der Waals surface area contributed by atoms with E-state index in [-0.39, 0.29) is 5.92 Å². The van der Waals surface area contributed by atoms with Crippen LogP contribution in [0.5, 0.6) is 0 Å². The largest absolute Gasteiger partial charge is 0.480 e. The molecule has 0 radical (unpaired) electrons. The Hall–Kier alpha value is -0.650. The van der Waals surface area contributed by atoms with Gasteiger partial charge < -0.3 is 15.3 Å². The zero-order valence-electron chi connectivity index (χ0n) is 13.8. The van der Waals surface area contributed by atoms with Crippen LogP contribution in [0.2, 0.25) is 0 Å². The lowest BCUT2D eigenvalue weighted by atomic mass is 9.84. The van der Waals surface area contributed by atoms with E-state index in [0.29, 0.717) is 6.04 Å². The van der Waals surface area contributed by atoms with Gasteiger partial charge in [-0.1, -0.05) is 13.3 Å². The van der Waals surface area contributed by atoms with E-state index < -0.39 is 11.5 Å². The molecule has 122 valence electrons. The highest BCUT2D eigenvalue weighted by molar-refractivity contribution is 5.79. The lowest BCUT2D eigenvalue weighted by molar-refractivity contribution is -0.146. The predicted molar refractivity (Wildman–Crippen MR) is 84.5 cm³/mol. The summed E-state index contributed by atoms with van der Waals surface area (Å²) in [6, 6.07) is 0.612. The van der Waals surface area contributed by atoms with Gasteiger partial charge in [0, 0.05) is 25.7 Å². The topological polar surface area (TPSA) is 55.8 Å². The molecule has 2 rings (SSSR count). The normalized spacial score (nSPS) is 35.2. The van der Waals surface area contributed by atoms with E-state index in [0.717, 1.165) is 58.4 Å². The summed E-state index contributed by atoms with van der Waals surface area (Å²) in [4.78, 5) is 16.7. The summed E-state index contributed by atoms with van der Waals surface area (Å²) in [6.45, 7) is 10.0. The molecule has 2 N–H and O–H groups in total. The van der Waals surface area contributed by atoms with Crippen LogP contribution < -0.4 is 5.32 Å². The maximum atomic E-state index is 11.7. The molecule has 2 fully saturated rings. The van der Waals surface area contributed by atoms with Crippen LogP contribution in [0.25, 0.3) is 0 Å². The van der Waals surface area contributed by atoms with Crippen molar-refractivity contribution in [1.29, 1.82) is 0 Å². The van der Waals surface area contributed by atoms with Crippen LogP contribution >= 0.6 is 0 Å². The third-order valence-electron chi connectivity index (χ3n) is 5.70. The first-order chi connectivity index (χ1) is 10.0. The molecule has 5 nitrogen and oxygen atoms in total. The van der Waals surface area contributed by atoms with E-state index >= 15 is 0 Å². The molecule has 0 spiro atoms. The molecule has 1 aliphatic carbocycles. The third-order valence-corrected chi connectivity index (χ3v) is 5.70. The summed E-state index contributed by atoms with van der Waals surface area (Å²) < 4.78 is 0. The number of carbonyl (C=O) groups is 1. The van der Waals surface area contributed by atoms with E-state index in [2.05, 4.69) is 29.0 Å². The fraction of sp³-hybridized carbons (Fsp3) is 0.938. The molecule has 2 aliphatic rings. The van der Waals surface area contributed by atoms with Gasteiger partial charge in [-0.2, -0.15) is 0 Å². The highest BCUT2D eigenvalue weighted by Crippen LogP contribution is 2.38. The highest BCUT2D eigenvalue weighted by atomic mass is 16.4. The van der Waals surface area contributed by atoms with Crippen LogP contribution in [-0.4, -0.2) is 72.2 Å². The number of likely N-dealkylation sites (N-methyl/N-ethyl adjacent to an activating group) is 2. The van der Waals surface area contributed by atoms with Crippen LogP contribution in [0.3, 0.4) is 0 Å². The van der Waals surface area contributed by atoms with E-state index in [1.54, 1.807) is 7.05 Å². The van der Waals surface area contributed by atoms with Crippen molar-refractivity contribution in [2.45, 2.75) is 51.1 Å². The minimum Gasteiger partial charge on any atom is -0.480 e. The van der Waals surface area contributed by atoms with Gasteiger partial charge in [-0.15, -0.1) is 0 Å². The van der Waals surface area contributed by atoms with Gasteiger partial charge in [0.15, 0.2) is 0 Å². The van der Waals surface area contributed by atoms with Gasteiger partial charge in [-0.3, -0.25) is 9.69 Å².